The molecule has 1 unspecified atom stereocenters. The van der Waals surface area contributed by atoms with E-state index in [-0.39, 0.29) is 18.3 Å². The van der Waals surface area contributed by atoms with Crippen molar-refractivity contribution in [1.29, 1.82) is 0 Å². The summed E-state index contributed by atoms with van der Waals surface area (Å²) in [4.78, 5) is 20.4. The lowest BCUT2D eigenvalue weighted by Gasteiger charge is -2.22. The molecule has 2 N–H and O–H groups in total. The lowest BCUT2D eigenvalue weighted by molar-refractivity contribution is -0.123. The molecular formula is C17H25N5O3. The Hall–Kier alpha value is -2.64. The fraction of sp³-hybridized carbons (Fsp3) is 0.529. The average molecular weight is 347 g/mol. The van der Waals surface area contributed by atoms with Crippen LogP contribution in [0, 0.1) is 13.8 Å². The first kappa shape index (κ1) is 18.7. The number of nitrogens with zero attached hydrogens (tertiary/aromatic N) is 4. The molecule has 0 bridgehead atoms. The predicted molar refractivity (Wildman–Crippen MR) is 93.7 cm³/mol. The number of fused-ring (bicyclic) bond motifs is 1. The second kappa shape index (κ2) is 7.96. The van der Waals surface area contributed by atoms with Crippen molar-refractivity contribution in [3.8, 4) is 0 Å². The van der Waals surface area contributed by atoms with Crippen LogP contribution >= 0.6 is 0 Å². The lowest BCUT2D eigenvalue weighted by Crippen LogP contribution is -2.23. The number of carbonyl (C=O) groups excluding carboxylic acids is 1. The van der Waals surface area contributed by atoms with E-state index in [0.29, 0.717) is 6.42 Å². The first-order chi connectivity index (χ1) is 12.0. The molecule has 1 amide bonds. The average Bonchev–Trinajstić information content (AvgIpc) is 3.08. The van der Waals surface area contributed by atoms with Crippen molar-refractivity contribution in [2.75, 3.05) is 5.32 Å². The Morgan fingerprint density at radius 3 is 2.56 bits per heavy atom. The summed E-state index contributed by atoms with van der Waals surface area (Å²) in [6, 6.07) is 0. The van der Waals surface area contributed by atoms with Gasteiger partial charge in [0, 0.05) is 47.9 Å². The third-order valence-corrected chi connectivity index (χ3v) is 4.50. The normalized spacial score (nSPS) is 15.8. The van der Waals surface area contributed by atoms with Gasteiger partial charge in [0.05, 0.1) is 6.20 Å². The van der Waals surface area contributed by atoms with Gasteiger partial charge in [-0.2, -0.15) is 10.2 Å². The van der Waals surface area contributed by atoms with Gasteiger partial charge in [-0.05, 0) is 27.2 Å². The van der Waals surface area contributed by atoms with Gasteiger partial charge in [0.15, 0.2) is 5.82 Å². The monoisotopic (exact) mass is 347 g/mol. The molecule has 2 aromatic heterocycles. The van der Waals surface area contributed by atoms with Crippen LogP contribution < -0.4 is 5.32 Å². The van der Waals surface area contributed by atoms with Crippen LogP contribution in [-0.4, -0.2) is 37.0 Å². The maximum Gasteiger partial charge on any atom is 0.290 e. The highest BCUT2D eigenvalue weighted by Crippen LogP contribution is 2.39. The van der Waals surface area contributed by atoms with Crippen molar-refractivity contribution in [3.63, 3.8) is 0 Å². The van der Waals surface area contributed by atoms with E-state index in [1.165, 1.54) is 0 Å². The van der Waals surface area contributed by atoms with Gasteiger partial charge in [-0.3, -0.25) is 19.0 Å². The molecule has 2 aromatic rings. The molecule has 0 aromatic carbocycles. The molecule has 0 aliphatic carbocycles. The molecule has 0 fully saturated rings. The SMILES string of the molecule is CCCn1nc2c(c1C)C(c1cnn(CC)c1C)CC(=O)N2.O=CO. The van der Waals surface area contributed by atoms with E-state index >= 15 is 0 Å². The minimum absolute atomic E-state index is 0.0299. The van der Waals surface area contributed by atoms with E-state index in [9.17, 15) is 4.79 Å². The molecule has 8 heteroatoms. The quantitative estimate of drug-likeness (QED) is 0.826. The molecule has 136 valence electrons. The van der Waals surface area contributed by atoms with Gasteiger partial charge in [0.2, 0.25) is 5.91 Å². The third kappa shape index (κ3) is 3.57. The number of aryl methyl sites for hydroxylation is 2. The molecule has 1 atom stereocenters. The fourth-order valence-electron chi connectivity index (χ4n) is 3.36. The number of carboxylic acid groups (broad SMARTS) is 1. The van der Waals surface area contributed by atoms with E-state index in [1.54, 1.807) is 0 Å². The topological polar surface area (TPSA) is 102 Å². The fourth-order valence-corrected chi connectivity index (χ4v) is 3.36. The summed E-state index contributed by atoms with van der Waals surface area (Å²) in [5.74, 6) is 0.799. The number of hydrogen-bond acceptors (Lipinski definition) is 4. The number of carbonyl (C=O) groups is 2. The van der Waals surface area contributed by atoms with Gasteiger partial charge in [0.25, 0.3) is 6.47 Å². The van der Waals surface area contributed by atoms with Crippen LogP contribution in [0.25, 0.3) is 0 Å². The number of nitrogens with one attached hydrogen (secondary N) is 1. The van der Waals surface area contributed by atoms with Gasteiger partial charge in [0.1, 0.15) is 0 Å². The van der Waals surface area contributed by atoms with Crippen molar-refractivity contribution < 1.29 is 14.7 Å². The summed E-state index contributed by atoms with van der Waals surface area (Å²) in [7, 11) is 0. The smallest absolute Gasteiger partial charge is 0.290 e. The van der Waals surface area contributed by atoms with Crippen LogP contribution in [0.5, 0.6) is 0 Å². The number of amides is 1. The number of anilines is 1. The molecule has 0 saturated carbocycles. The van der Waals surface area contributed by atoms with Gasteiger partial charge in [-0.25, -0.2) is 0 Å². The highest BCUT2D eigenvalue weighted by molar-refractivity contribution is 5.94. The molecule has 25 heavy (non-hydrogen) atoms. The van der Waals surface area contributed by atoms with Crippen molar-refractivity contribution in [3.05, 3.63) is 28.7 Å². The van der Waals surface area contributed by atoms with E-state index in [4.69, 9.17) is 9.90 Å². The molecule has 0 radical (unpaired) electrons. The van der Waals surface area contributed by atoms with E-state index < -0.39 is 0 Å². The number of hydrogen-bond donors (Lipinski definition) is 2. The molecule has 1 aliphatic heterocycles. The minimum atomic E-state index is -0.250. The van der Waals surface area contributed by atoms with Crippen LogP contribution in [0.4, 0.5) is 5.82 Å². The Kier molecular flexibility index (Phi) is 5.95. The van der Waals surface area contributed by atoms with Crippen molar-refractivity contribution in [2.24, 2.45) is 0 Å². The summed E-state index contributed by atoms with van der Waals surface area (Å²) in [5, 5.41) is 18.8. The highest BCUT2D eigenvalue weighted by Gasteiger charge is 2.33. The largest absolute Gasteiger partial charge is 0.483 e. The first-order valence-corrected chi connectivity index (χ1v) is 8.45. The zero-order valence-electron chi connectivity index (χ0n) is 15.1. The number of rotatable bonds is 4. The van der Waals surface area contributed by atoms with Crippen LogP contribution in [-0.2, 0) is 22.7 Å². The highest BCUT2D eigenvalue weighted by atomic mass is 16.3. The zero-order valence-corrected chi connectivity index (χ0v) is 15.1. The zero-order chi connectivity index (χ0) is 18.6. The van der Waals surface area contributed by atoms with E-state index in [2.05, 4.69) is 43.2 Å². The first-order valence-electron chi connectivity index (χ1n) is 8.45. The van der Waals surface area contributed by atoms with Crippen LogP contribution in [0.15, 0.2) is 6.20 Å². The van der Waals surface area contributed by atoms with Crippen molar-refractivity contribution in [2.45, 2.75) is 59.5 Å². The molecule has 1 aliphatic rings. The van der Waals surface area contributed by atoms with E-state index in [1.807, 2.05) is 15.6 Å². The van der Waals surface area contributed by atoms with Gasteiger partial charge in [-0.1, -0.05) is 6.92 Å². The minimum Gasteiger partial charge on any atom is -0.483 e. The predicted octanol–water partition coefficient (Wildman–Crippen LogP) is 2.30. The molecular weight excluding hydrogens is 322 g/mol. The Bertz CT molecular complexity index is 763. The van der Waals surface area contributed by atoms with Gasteiger partial charge in [-0.15, -0.1) is 0 Å². The van der Waals surface area contributed by atoms with Crippen LogP contribution in [0.2, 0.25) is 0 Å². The Morgan fingerprint density at radius 2 is 2.00 bits per heavy atom. The van der Waals surface area contributed by atoms with Crippen molar-refractivity contribution >= 4 is 18.2 Å². The molecule has 3 rings (SSSR count). The summed E-state index contributed by atoms with van der Waals surface area (Å²) in [5.41, 5.74) is 4.56. The maximum absolute atomic E-state index is 12.1. The third-order valence-electron chi connectivity index (χ3n) is 4.50. The lowest BCUT2D eigenvalue weighted by atomic mass is 9.86. The molecule has 8 nitrogen and oxygen atoms in total. The molecule has 0 spiro atoms. The van der Waals surface area contributed by atoms with Gasteiger partial charge < -0.3 is 10.4 Å². The standard InChI is InChI=1S/C16H23N5O.CH2O2/c1-5-7-21-11(4)15-12(8-14(22)18-16(15)19-21)13-9-17-20(6-2)10(13)3;2-1-3/h9,12H,5-8H2,1-4H3,(H,18,19,22);1H,(H,2,3). The second-order valence-corrected chi connectivity index (χ2v) is 5.98. The Labute approximate surface area is 146 Å². The Balaban J connectivity index is 0.000000701. The van der Waals surface area contributed by atoms with Gasteiger partial charge >= 0.3 is 0 Å². The summed E-state index contributed by atoms with van der Waals surface area (Å²) in [6.45, 7) is 9.83. The van der Waals surface area contributed by atoms with E-state index in [0.717, 1.165) is 47.8 Å². The second-order valence-electron chi connectivity index (χ2n) is 5.98. The maximum atomic E-state index is 12.1. The summed E-state index contributed by atoms with van der Waals surface area (Å²) in [6.07, 6.45) is 3.39. The van der Waals surface area contributed by atoms with Crippen LogP contribution in [0.1, 0.15) is 55.1 Å². The summed E-state index contributed by atoms with van der Waals surface area (Å²) >= 11 is 0. The summed E-state index contributed by atoms with van der Waals surface area (Å²) < 4.78 is 3.98. The number of aromatic nitrogens is 4. The molecule has 0 saturated heterocycles. The van der Waals surface area contributed by atoms with Crippen LogP contribution in [0.3, 0.4) is 0 Å². The Morgan fingerprint density at radius 1 is 1.32 bits per heavy atom. The van der Waals surface area contributed by atoms with Crippen molar-refractivity contribution in [1.82, 2.24) is 19.6 Å². The molecule has 3 heterocycles.